The summed E-state index contributed by atoms with van der Waals surface area (Å²) in [6.45, 7) is 2.09. The lowest BCUT2D eigenvalue weighted by Crippen LogP contribution is -2.40. The maximum Gasteiger partial charge on any atom is 0.309 e. The van der Waals surface area contributed by atoms with E-state index in [0.717, 1.165) is 5.56 Å². The van der Waals surface area contributed by atoms with Gasteiger partial charge in [0.05, 0.1) is 5.92 Å². The third kappa shape index (κ3) is 6.50. The average Bonchev–Trinajstić information content (AvgIpc) is 2.79. The Morgan fingerprint density at radius 1 is 1.13 bits per heavy atom. The molecule has 0 bridgehead atoms. The molecular weight excluding hydrogens is 399 g/mol. The van der Waals surface area contributed by atoms with Gasteiger partial charge in [0.2, 0.25) is 5.91 Å². The molecule has 2 aromatic rings. The Kier molecular flexibility index (Phi) is 7.54. The third-order valence-corrected chi connectivity index (χ3v) is 5.16. The molecule has 1 aliphatic heterocycles. The van der Waals surface area contributed by atoms with Crippen molar-refractivity contribution < 1.29 is 23.5 Å². The number of benzene rings is 2. The molecule has 0 aromatic heterocycles. The summed E-state index contributed by atoms with van der Waals surface area (Å²) in [6, 6.07) is 13.9. The van der Waals surface area contributed by atoms with Crippen molar-refractivity contribution in [3.05, 3.63) is 71.6 Å². The minimum absolute atomic E-state index is 0.0969. The van der Waals surface area contributed by atoms with E-state index in [1.54, 1.807) is 30.0 Å². The number of esters is 1. The summed E-state index contributed by atoms with van der Waals surface area (Å²) in [5, 5.41) is 2.50. The molecule has 3 rings (SSSR count). The maximum absolute atomic E-state index is 13.5. The molecule has 0 radical (unpaired) electrons. The number of hydrogen-bond acceptors (Lipinski definition) is 4. The highest BCUT2D eigenvalue weighted by atomic mass is 19.1. The summed E-state index contributed by atoms with van der Waals surface area (Å²) in [5.41, 5.74) is 1.73. The molecule has 1 N–H and O–H groups in total. The molecule has 0 spiro atoms. The van der Waals surface area contributed by atoms with Gasteiger partial charge in [-0.2, -0.15) is 0 Å². The highest BCUT2D eigenvalue weighted by Gasteiger charge is 2.28. The van der Waals surface area contributed by atoms with Crippen molar-refractivity contribution in [2.75, 3.05) is 25.0 Å². The van der Waals surface area contributed by atoms with Gasteiger partial charge in [-0.15, -0.1) is 0 Å². The Morgan fingerprint density at radius 3 is 2.52 bits per heavy atom. The molecule has 1 saturated heterocycles. The fourth-order valence-corrected chi connectivity index (χ4v) is 3.29. The van der Waals surface area contributed by atoms with Gasteiger partial charge in [-0.05, 0) is 49.1 Å². The number of hydrogen-bond donors (Lipinski definition) is 1. The largest absolute Gasteiger partial charge is 0.455 e. The Morgan fingerprint density at radius 2 is 1.84 bits per heavy atom. The van der Waals surface area contributed by atoms with Gasteiger partial charge in [0.15, 0.2) is 6.61 Å². The molecule has 2 aromatic carbocycles. The Balaban J connectivity index is 1.40. The van der Waals surface area contributed by atoms with Crippen LogP contribution >= 0.6 is 0 Å². The summed E-state index contributed by atoms with van der Waals surface area (Å²) < 4.78 is 18.6. The zero-order valence-electron chi connectivity index (χ0n) is 17.3. The van der Waals surface area contributed by atoms with Crippen LogP contribution in [0, 0.1) is 18.7 Å². The van der Waals surface area contributed by atoms with E-state index in [1.165, 1.54) is 12.1 Å². The van der Waals surface area contributed by atoms with Crippen molar-refractivity contribution in [3.63, 3.8) is 0 Å². The molecular formula is C24H25FN2O4. The maximum atomic E-state index is 13.5. The quantitative estimate of drug-likeness (QED) is 0.568. The zero-order valence-corrected chi connectivity index (χ0v) is 17.3. The number of rotatable bonds is 6. The lowest BCUT2D eigenvalue weighted by Gasteiger charge is -2.30. The van der Waals surface area contributed by atoms with Gasteiger partial charge in [-0.3, -0.25) is 14.4 Å². The molecule has 7 heteroatoms. The molecule has 0 aliphatic carbocycles. The number of carbonyl (C=O) groups is 3. The second-order valence-corrected chi connectivity index (χ2v) is 7.46. The van der Waals surface area contributed by atoms with Crippen LogP contribution in [-0.2, 0) is 19.1 Å². The SMILES string of the molecule is Cc1ccc(NC(=O)COC(=O)C2CCN(C(=O)/C=C/c3ccccc3)CC2)cc1F. The van der Waals surface area contributed by atoms with Crippen molar-refractivity contribution in [2.45, 2.75) is 19.8 Å². The predicted molar refractivity (Wildman–Crippen MR) is 116 cm³/mol. The summed E-state index contributed by atoms with van der Waals surface area (Å²) in [5.74, 6) is -1.87. The molecule has 0 atom stereocenters. The number of carbonyl (C=O) groups excluding carboxylic acids is 3. The molecule has 1 heterocycles. The molecule has 0 saturated carbocycles. The van der Waals surface area contributed by atoms with Crippen molar-refractivity contribution >= 4 is 29.5 Å². The van der Waals surface area contributed by atoms with Gasteiger partial charge >= 0.3 is 5.97 Å². The van der Waals surface area contributed by atoms with Crippen molar-refractivity contribution in [1.29, 1.82) is 0 Å². The minimum Gasteiger partial charge on any atom is -0.455 e. The summed E-state index contributed by atoms with van der Waals surface area (Å²) in [4.78, 5) is 38.2. The van der Waals surface area contributed by atoms with Gasteiger partial charge in [0, 0.05) is 24.9 Å². The number of aryl methyl sites for hydroxylation is 1. The number of ether oxygens (including phenoxy) is 1. The molecule has 162 valence electrons. The molecule has 1 aliphatic rings. The van der Waals surface area contributed by atoms with Gasteiger partial charge in [-0.25, -0.2) is 4.39 Å². The number of anilines is 1. The predicted octanol–water partition coefficient (Wildman–Crippen LogP) is 3.57. The van der Waals surface area contributed by atoms with E-state index in [1.807, 2.05) is 30.3 Å². The number of nitrogens with zero attached hydrogens (tertiary/aromatic N) is 1. The Bertz CT molecular complexity index is 967. The normalized spacial score (nSPS) is 14.5. The van der Waals surface area contributed by atoms with Crippen LogP contribution in [0.4, 0.5) is 10.1 Å². The number of halogens is 1. The third-order valence-electron chi connectivity index (χ3n) is 5.16. The number of piperidine rings is 1. The summed E-state index contributed by atoms with van der Waals surface area (Å²) in [7, 11) is 0. The molecule has 6 nitrogen and oxygen atoms in total. The first-order chi connectivity index (χ1) is 14.9. The average molecular weight is 424 g/mol. The van der Waals surface area contributed by atoms with E-state index < -0.39 is 24.3 Å². The van der Waals surface area contributed by atoms with Gasteiger partial charge in [0.25, 0.3) is 5.91 Å². The van der Waals surface area contributed by atoms with E-state index >= 15 is 0 Å². The van der Waals surface area contributed by atoms with Crippen molar-refractivity contribution in [3.8, 4) is 0 Å². The van der Waals surface area contributed by atoms with E-state index in [0.29, 0.717) is 37.2 Å². The van der Waals surface area contributed by atoms with Crippen LogP contribution in [0.1, 0.15) is 24.0 Å². The number of likely N-dealkylation sites (tertiary alicyclic amines) is 1. The number of nitrogens with one attached hydrogen (secondary N) is 1. The molecule has 0 unspecified atom stereocenters. The van der Waals surface area contributed by atoms with E-state index in [4.69, 9.17) is 4.74 Å². The standard InChI is InChI=1S/C24H25FN2O4/c1-17-7-9-20(15-21(17)25)26-22(28)16-31-24(30)19-11-13-27(14-12-19)23(29)10-8-18-5-3-2-4-6-18/h2-10,15,19H,11-14,16H2,1H3,(H,26,28)/b10-8+. The lowest BCUT2D eigenvalue weighted by molar-refractivity contribution is -0.153. The van der Waals surface area contributed by atoms with E-state index in [9.17, 15) is 18.8 Å². The molecule has 31 heavy (non-hydrogen) atoms. The van der Waals surface area contributed by atoms with Crippen LogP contribution < -0.4 is 5.32 Å². The van der Waals surface area contributed by atoms with Crippen LogP contribution in [0.2, 0.25) is 0 Å². The van der Waals surface area contributed by atoms with Crippen LogP contribution in [-0.4, -0.2) is 42.4 Å². The fourth-order valence-electron chi connectivity index (χ4n) is 3.29. The van der Waals surface area contributed by atoms with Crippen LogP contribution in [0.5, 0.6) is 0 Å². The van der Waals surface area contributed by atoms with E-state index in [-0.39, 0.29) is 11.8 Å². The number of amides is 2. The first-order valence-corrected chi connectivity index (χ1v) is 10.2. The molecule has 2 amide bonds. The first-order valence-electron chi connectivity index (χ1n) is 10.2. The smallest absolute Gasteiger partial charge is 0.309 e. The van der Waals surface area contributed by atoms with E-state index in [2.05, 4.69) is 5.32 Å². The van der Waals surface area contributed by atoms with Crippen LogP contribution in [0.3, 0.4) is 0 Å². The topological polar surface area (TPSA) is 75.7 Å². The Hall–Kier alpha value is -3.48. The lowest BCUT2D eigenvalue weighted by atomic mass is 9.97. The molecule has 1 fully saturated rings. The highest BCUT2D eigenvalue weighted by molar-refractivity contribution is 5.93. The first kappa shape index (κ1) is 22.2. The fraction of sp³-hybridized carbons (Fsp3) is 0.292. The van der Waals surface area contributed by atoms with Gasteiger partial charge in [0.1, 0.15) is 5.82 Å². The minimum atomic E-state index is -0.532. The second kappa shape index (κ2) is 10.5. The Labute approximate surface area is 180 Å². The second-order valence-electron chi connectivity index (χ2n) is 7.46. The summed E-state index contributed by atoms with van der Waals surface area (Å²) in [6.07, 6.45) is 4.26. The highest BCUT2D eigenvalue weighted by Crippen LogP contribution is 2.19. The van der Waals surface area contributed by atoms with Crippen LogP contribution in [0.25, 0.3) is 6.08 Å². The van der Waals surface area contributed by atoms with Crippen molar-refractivity contribution in [2.24, 2.45) is 5.92 Å². The summed E-state index contributed by atoms with van der Waals surface area (Å²) >= 11 is 0. The zero-order chi connectivity index (χ0) is 22.2. The van der Waals surface area contributed by atoms with Gasteiger partial charge < -0.3 is 15.0 Å². The monoisotopic (exact) mass is 424 g/mol. The van der Waals surface area contributed by atoms with Gasteiger partial charge in [-0.1, -0.05) is 36.4 Å². The van der Waals surface area contributed by atoms with Crippen LogP contribution in [0.15, 0.2) is 54.6 Å². The van der Waals surface area contributed by atoms with Crippen molar-refractivity contribution in [1.82, 2.24) is 4.90 Å².